The van der Waals surface area contributed by atoms with E-state index in [0.717, 1.165) is 47.6 Å². The number of halogens is 1. The highest BCUT2D eigenvalue weighted by Crippen LogP contribution is 2.34. The molecule has 5 heteroatoms. The first-order valence-corrected chi connectivity index (χ1v) is 8.42. The zero-order chi connectivity index (χ0) is 17.1. The molecule has 0 saturated heterocycles. The summed E-state index contributed by atoms with van der Waals surface area (Å²) in [6.07, 6.45) is 2.35. The van der Waals surface area contributed by atoms with Crippen molar-refractivity contribution in [2.45, 2.75) is 32.1 Å². The molecular weight excluding hydrogens is 336 g/mol. The van der Waals surface area contributed by atoms with Crippen LogP contribution in [0.2, 0.25) is 0 Å². The number of amides is 1. The minimum absolute atomic E-state index is 0. The maximum atomic E-state index is 12.9. The summed E-state index contributed by atoms with van der Waals surface area (Å²) in [6, 6.07) is 13.7. The predicted molar refractivity (Wildman–Crippen MR) is 105 cm³/mol. The number of hydrogen-bond donors (Lipinski definition) is 1. The number of carbonyl (C=O) groups excluding carboxylic acids is 1. The summed E-state index contributed by atoms with van der Waals surface area (Å²) in [5, 5.41) is 0. The summed E-state index contributed by atoms with van der Waals surface area (Å²) in [5.74, 6) is 1.07. The van der Waals surface area contributed by atoms with Crippen molar-refractivity contribution in [2.24, 2.45) is 0 Å². The first-order chi connectivity index (χ1) is 11.6. The SMILES string of the molecule is COc1ccccc1C(C)CC(=O)N1CCCc2c(N)cccc21.Cl. The molecule has 0 aromatic heterocycles. The third-order valence-corrected chi connectivity index (χ3v) is 4.74. The molecule has 4 nitrogen and oxygen atoms in total. The van der Waals surface area contributed by atoms with Gasteiger partial charge in [-0.2, -0.15) is 0 Å². The molecule has 0 fully saturated rings. The average molecular weight is 361 g/mol. The summed E-state index contributed by atoms with van der Waals surface area (Å²) < 4.78 is 5.42. The average Bonchev–Trinajstić information content (AvgIpc) is 2.61. The zero-order valence-corrected chi connectivity index (χ0v) is 15.5. The minimum atomic E-state index is 0. The van der Waals surface area contributed by atoms with Crippen LogP contribution in [0.1, 0.15) is 36.8 Å². The predicted octanol–water partition coefficient (Wildman–Crippen LogP) is 4.17. The van der Waals surface area contributed by atoms with E-state index in [-0.39, 0.29) is 24.2 Å². The number of methoxy groups -OCH3 is 1. The summed E-state index contributed by atoms with van der Waals surface area (Å²) in [6.45, 7) is 2.83. The molecule has 0 spiro atoms. The normalized spacial score (nSPS) is 14.2. The largest absolute Gasteiger partial charge is 0.496 e. The topological polar surface area (TPSA) is 55.6 Å². The van der Waals surface area contributed by atoms with Gasteiger partial charge in [-0.1, -0.05) is 31.2 Å². The van der Waals surface area contributed by atoms with Crippen molar-refractivity contribution < 1.29 is 9.53 Å². The van der Waals surface area contributed by atoms with E-state index in [1.165, 1.54) is 0 Å². The fourth-order valence-electron chi connectivity index (χ4n) is 3.47. The van der Waals surface area contributed by atoms with E-state index >= 15 is 0 Å². The van der Waals surface area contributed by atoms with Crippen LogP contribution in [0.3, 0.4) is 0 Å². The molecule has 1 atom stereocenters. The first kappa shape index (κ1) is 19.1. The molecule has 0 saturated carbocycles. The molecular formula is C20H25ClN2O2. The van der Waals surface area contributed by atoms with Crippen LogP contribution in [-0.4, -0.2) is 19.6 Å². The summed E-state index contributed by atoms with van der Waals surface area (Å²) >= 11 is 0. The highest BCUT2D eigenvalue weighted by Gasteiger charge is 2.25. The van der Waals surface area contributed by atoms with Crippen LogP contribution in [0.5, 0.6) is 5.75 Å². The lowest BCUT2D eigenvalue weighted by atomic mass is 9.94. The highest BCUT2D eigenvalue weighted by atomic mass is 35.5. The third kappa shape index (κ3) is 3.90. The lowest BCUT2D eigenvalue weighted by Crippen LogP contribution is -2.36. The fourth-order valence-corrected chi connectivity index (χ4v) is 3.47. The van der Waals surface area contributed by atoms with Crippen LogP contribution in [-0.2, 0) is 11.2 Å². The van der Waals surface area contributed by atoms with E-state index in [4.69, 9.17) is 10.5 Å². The number of fused-ring (bicyclic) bond motifs is 1. The molecule has 1 aliphatic heterocycles. The van der Waals surface area contributed by atoms with Crippen LogP contribution in [0, 0.1) is 0 Å². The third-order valence-electron chi connectivity index (χ3n) is 4.74. The lowest BCUT2D eigenvalue weighted by molar-refractivity contribution is -0.119. The van der Waals surface area contributed by atoms with Crippen LogP contribution in [0.15, 0.2) is 42.5 Å². The maximum Gasteiger partial charge on any atom is 0.227 e. The standard InChI is InChI=1S/C20H24N2O2.ClH/c1-14(15-7-3-4-11-19(15)24-2)13-20(23)22-12-6-8-16-17(21)9-5-10-18(16)22;/h3-5,7,9-11,14H,6,8,12-13,21H2,1-2H3;1H. The molecule has 0 bridgehead atoms. The van der Waals surface area contributed by atoms with Gasteiger partial charge in [-0.3, -0.25) is 4.79 Å². The van der Waals surface area contributed by atoms with Gasteiger partial charge in [-0.25, -0.2) is 0 Å². The molecule has 25 heavy (non-hydrogen) atoms. The second-order valence-electron chi connectivity index (χ2n) is 6.34. The summed E-state index contributed by atoms with van der Waals surface area (Å²) in [5.41, 5.74) is 10.00. The molecule has 3 rings (SSSR count). The van der Waals surface area contributed by atoms with E-state index in [0.29, 0.717) is 6.42 Å². The molecule has 1 unspecified atom stereocenters. The number of anilines is 2. The molecule has 0 aliphatic carbocycles. The van der Waals surface area contributed by atoms with Gasteiger partial charge in [0.1, 0.15) is 5.75 Å². The van der Waals surface area contributed by atoms with Gasteiger partial charge in [0.05, 0.1) is 7.11 Å². The van der Waals surface area contributed by atoms with Crippen molar-refractivity contribution in [1.29, 1.82) is 0 Å². The molecule has 1 amide bonds. The van der Waals surface area contributed by atoms with Crippen molar-refractivity contribution in [1.82, 2.24) is 0 Å². The van der Waals surface area contributed by atoms with Crippen LogP contribution in [0.25, 0.3) is 0 Å². The molecule has 134 valence electrons. The molecule has 1 aliphatic rings. The minimum Gasteiger partial charge on any atom is -0.496 e. The van der Waals surface area contributed by atoms with E-state index < -0.39 is 0 Å². The van der Waals surface area contributed by atoms with Crippen molar-refractivity contribution in [3.8, 4) is 5.75 Å². The number of carbonyl (C=O) groups is 1. The second kappa shape index (κ2) is 8.26. The van der Waals surface area contributed by atoms with Gasteiger partial charge in [-0.15, -0.1) is 12.4 Å². The van der Waals surface area contributed by atoms with Gasteiger partial charge in [0.25, 0.3) is 0 Å². The van der Waals surface area contributed by atoms with Gasteiger partial charge >= 0.3 is 0 Å². The molecule has 2 aromatic rings. The number of para-hydroxylation sites is 1. The number of nitrogen functional groups attached to an aromatic ring is 1. The van der Waals surface area contributed by atoms with Crippen LogP contribution >= 0.6 is 12.4 Å². The number of benzene rings is 2. The highest BCUT2D eigenvalue weighted by molar-refractivity contribution is 5.96. The summed E-state index contributed by atoms with van der Waals surface area (Å²) in [7, 11) is 1.66. The van der Waals surface area contributed by atoms with E-state index in [1.807, 2.05) is 47.4 Å². The van der Waals surface area contributed by atoms with Gasteiger partial charge < -0.3 is 15.4 Å². The van der Waals surface area contributed by atoms with Gasteiger partial charge in [0.15, 0.2) is 0 Å². The number of hydrogen-bond acceptors (Lipinski definition) is 3. The Balaban J connectivity index is 0.00000225. The Morgan fingerprint density at radius 1 is 1.24 bits per heavy atom. The van der Waals surface area contributed by atoms with Crippen molar-refractivity contribution >= 4 is 29.7 Å². The quantitative estimate of drug-likeness (QED) is 0.832. The Kier molecular flexibility index (Phi) is 6.32. The van der Waals surface area contributed by atoms with E-state index in [2.05, 4.69) is 6.92 Å². The molecule has 0 radical (unpaired) electrons. The Morgan fingerprint density at radius 3 is 2.76 bits per heavy atom. The van der Waals surface area contributed by atoms with Crippen molar-refractivity contribution in [3.05, 3.63) is 53.6 Å². The number of nitrogens with zero attached hydrogens (tertiary/aromatic N) is 1. The Labute approximate surface area is 155 Å². The second-order valence-corrected chi connectivity index (χ2v) is 6.34. The van der Waals surface area contributed by atoms with Crippen LogP contribution < -0.4 is 15.4 Å². The van der Waals surface area contributed by atoms with E-state index in [1.54, 1.807) is 7.11 Å². The van der Waals surface area contributed by atoms with Gasteiger partial charge in [0.2, 0.25) is 5.91 Å². The van der Waals surface area contributed by atoms with Gasteiger partial charge in [0, 0.05) is 24.3 Å². The molecule has 2 aromatic carbocycles. The number of ether oxygens (including phenoxy) is 1. The number of rotatable bonds is 4. The van der Waals surface area contributed by atoms with Crippen molar-refractivity contribution in [2.75, 3.05) is 24.3 Å². The van der Waals surface area contributed by atoms with Crippen molar-refractivity contribution in [3.63, 3.8) is 0 Å². The van der Waals surface area contributed by atoms with Crippen LogP contribution in [0.4, 0.5) is 11.4 Å². The van der Waals surface area contributed by atoms with Gasteiger partial charge in [-0.05, 0) is 48.1 Å². The van der Waals surface area contributed by atoms with E-state index in [9.17, 15) is 4.79 Å². The molecule has 1 heterocycles. The number of nitrogens with two attached hydrogens (primary N) is 1. The Hall–Kier alpha value is -2.20. The Bertz CT molecular complexity index is 748. The Morgan fingerprint density at radius 2 is 2.00 bits per heavy atom. The maximum absolute atomic E-state index is 12.9. The monoisotopic (exact) mass is 360 g/mol. The smallest absolute Gasteiger partial charge is 0.227 e. The fraction of sp³-hybridized carbons (Fsp3) is 0.350. The first-order valence-electron chi connectivity index (χ1n) is 8.42. The lowest BCUT2D eigenvalue weighted by Gasteiger charge is -2.31. The zero-order valence-electron chi connectivity index (χ0n) is 14.7. The summed E-state index contributed by atoms with van der Waals surface area (Å²) in [4.78, 5) is 14.8. The molecule has 2 N–H and O–H groups in total.